The minimum Gasteiger partial charge on any atom is -0.452 e. The molecular weight excluding hydrogens is 302 g/mol. The number of hydrogen-bond acceptors (Lipinski definition) is 3. The lowest BCUT2D eigenvalue weighted by molar-refractivity contribution is -0.124. The Labute approximate surface area is 142 Å². The van der Waals surface area contributed by atoms with E-state index in [0.29, 0.717) is 12.0 Å². The van der Waals surface area contributed by atoms with Gasteiger partial charge in [0.1, 0.15) is 0 Å². The molecule has 0 bridgehead atoms. The van der Waals surface area contributed by atoms with Gasteiger partial charge in [-0.05, 0) is 37.0 Å². The predicted octanol–water partition coefficient (Wildman–Crippen LogP) is 3.35. The zero-order valence-corrected chi connectivity index (χ0v) is 14.1. The third kappa shape index (κ3) is 5.23. The van der Waals surface area contributed by atoms with Gasteiger partial charge in [-0.3, -0.25) is 4.79 Å². The lowest BCUT2D eigenvalue weighted by Gasteiger charge is -2.12. The number of rotatable bonds is 7. The first-order valence-electron chi connectivity index (χ1n) is 8.18. The molecule has 0 radical (unpaired) electrons. The van der Waals surface area contributed by atoms with Crippen LogP contribution in [0.15, 0.2) is 54.6 Å². The van der Waals surface area contributed by atoms with Crippen LogP contribution in [0.3, 0.4) is 0 Å². The molecular formula is C20H23NO3. The molecule has 0 spiro atoms. The SMILES string of the molecule is CCC(C)NC(=O)COC(=O)c1ccccc1Cc1ccccc1. The molecule has 2 aromatic carbocycles. The normalized spacial score (nSPS) is 11.6. The highest BCUT2D eigenvalue weighted by molar-refractivity contribution is 5.92. The molecule has 24 heavy (non-hydrogen) atoms. The number of hydrogen-bond donors (Lipinski definition) is 1. The summed E-state index contributed by atoms with van der Waals surface area (Å²) in [5.74, 6) is -0.751. The van der Waals surface area contributed by atoms with E-state index < -0.39 is 5.97 Å². The summed E-state index contributed by atoms with van der Waals surface area (Å²) in [7, 11) is 0. The van der Waals surface area contributed by atoms with Crippen LogP contribution in [0.2, 0.25) is 0 Å². The highest BCUT2D eigenvalue weighted by Crippen LogP contribution is 2.15. The fourth-order valence-corrected chi connectivity index (χ4v) is 2.32. The molecule has 2 aromatic rings. The molecule has 1 unspecified atom stereocenters. The van der Waals surface area contributed by atoms with Crippen molar-refractivity contribution in [2.24, 2.45) is 0 Å². The van der Waals surface area contributed by atoms with Crippen molar-refractivity contribution < 1.29 is 14.3 Å². The van der Waals surface area contributed by atoms with Crippen molar-refractivity contribution >= 4 is 11.9 Å². The molecule has 0 aliphatic heterocycles. The third-order valence-electron chi connectivity index (χ3n) is 3.83. The fraction of sp³-hybridized carbons (Fsp3) is 0.300. The summed E-state index contributed by atoms with van der Waals surface area (Å²) >= 11 is 0. The summed E-state index contributed by atoms with van der Waals surface area (Å²) < 4.78 is 5.16. The lowest BCUT2D eigenvalue weighted by Crippen LogP contribution is -2.35. The highest BCUT2D eigenvalue weighted by Gasteiger charge is 2.15. The second kappa shape index (κ2) is 8.87. The summed E-state index contributed by atoms with van der Waals surface area (Å²) in [5.41, 5.74) is 2.50. The van der Waals surface area contributed by atoms with Gasteiger partial charge in [0.2, 0.25) is 0 Å². The van der Waals surface area contributed by atoms with Crippen LogP contribution in [0.1, 0.15) is 41.8 Å². The van der Waals surface area contributed by atoms with E-state index in [1.54, 1.807) is 12.1 Å². The zero-order chi connectivity index (χ0) is 17.4. The average Bonchev–Trinajstić information content (AvgIpc) is 2.61. The van der Waals surface area contributed by atoms with Gasteiger partial charge in [0.15, 0.2) is 6.61 Å². The first-order valence-corrected chi connectivity index (χ1v) is 8.18. The fourth-order valence-electron chi connectivity index (χ4n) is 2.32. The Morgan fingerprint density at radius 3 is 2.42 bits per heavy atom. The predicted molar refractivity (Wildman–Crippen MR) is 93.9 cm³/mol. The molecule has 0 aliphatic carbocycles. The van der Waals surface area contributed by atoms with Crippen molar-refractivity contribution in [1.29, 1.82) is 0 Å². The molecule has 1 N–H and O–H groups in total. The van der Waals surface area contributed by atoms with Crippen molar-refractivity contribution in [3.05, 3.63) is 71.3 Å². The van der Waals surface area contributed by atoms with Gasteiger partial charge < -0.3 is 10.1 Å². The van der Waals surface area contributed by atoms with Crippen LogP contribution in [-0.4, -0.2) is 24.5 Å². The summed E-state index contributed by atoms with van der Waals surface area (Å²) in [6.45, 7) is 3.63. The van der Waals surface area contributed by atoms with E-state index in [0.717, 1.165) is 17.5 Å². The van der Waals surface area contributed by atoms with E-state index in [2.05, 4.69) is 5.32 Å². The molecule has 1 amide bonds. The summed E-state index contributed by atoms with van der Waals surface area (Å²) in [4.78, 5) is 24.0. The Kier molecular flexibility index (Phi) is 6.55. The molecule has 1 atom stereocenters. The summed E-state index contributed by atoms with van der Waals surface area (Å²) in [6.07, 6.45) is 1.48. The Balaban J connectivity index is 2.01. The second-order valence-corrected chi connectivity index (χ2v) is 5.77. The number of esters is 1. The Bertz CT molecular complexity index is 682. The highest BCUT2D eigenvalue weighted by atomic mass is 16.5. The van der Waals surface area contributed by atoms with E-state index in [1.807, 2.05) is 56.3 Å². The first-order chi connectivity index (χ1) is 11.6. The number of carbonyl (C=O) groups is 2. The summed E-state index contributed by atoms with van der Waals surface area (Å²) in [6, 6.07) is 17.3. The molecule has 0 aliphatic rings. The molecule has 0 heterocycles. The van der Waals surface area contributed by atoms with Crippen molar-refractivity contribution in [2.75, 3.05) is 6.61 Å². The van der Waals surface area contributed by atoms with Crippen LogP contribution in [0.25, 0.3) is 0 Å². The van der Waals surface area contributed by atoms with Crippen LogP contribution >= 0.6 is 0 Å². The minimum atomic E-state index is -0.471. The van der Waals surface area contributed by atoms with E-state index in [-0.39, 0.29) is 18.6 Å². The zero-order valence-electron chi connectivity index (χ0n) is 14.1. The van der Waals surface area contributed by atoms with Crippen LogP contribution in [-0.2, 0) is 16.0 Å². The third-order valence-corrected chi connectivity index (χ3v) is 3.83. The van der Waals surface area contributed by atoms with E-state index >= 15 is 0 Å². The minimum absolute atomic E-state index is 0.0709. The number of amides is 1. The standard InChI is InChI=1S/C20H23NO3/c1-3-15(2)21-19(22)14-24-20(23)18-12-8-7-11-17(18)13-16-9-5-4-6-10-16/h4-12,15H,3,13-14H2,1-2H3,(H,21,22). The van der Waals surface area contributed by atoms with Crippen molar-refractivity contribution in [3.8, 4) is 0 Å². The van der Waals surface area contributed by atoms with Crippen LogP contribution in [0.4, 0.5) is 0 Å². The molecule has 0 saturated heterocycles. The Morgan fingerprint density at radius 1 is 1.04 bits per heavy atom. The maximum Gasteiger partial charge on any atom is 0.338 e. The maximum atomic E-state index is 12.3. The van der Waals surface area contributed by atoms with E-state index in [4.69, 9.17) is 4.74 Å². The molecule has 4 nitrogen and oxygen atoms in total. The number of ether oxygens (including phenoxy) is 1. The van der Waals surface area contributed by atoms with Crippen LogP contribution < -0.4 is 5.32 Å². The largest absolute Gasteiger partial charge is 0.452 e. The topological polar surface area (TPSA) is 55.4 Å². The van der Waals surface area contributed by atoms with Crippen molar-refractivity contribution in [1.82, 2.24) is 5.32 Å². The average molecular weight is 325 g/mol. The lowest BCUT2D eigenvalue weighted by atomic mass is 10.00. The van der Waals surface area contributed by atoms with Gasteiger partial charge in [-0.1, -0.05) is 55.5 Å². The monoisotopic (exact) mass is 325 g/mol. The van der Waals surface area contributed by atoms with Gasteiger partial charge in [0.25, 0.3) is 5.91 Å². The van der Waals surface area contributed by atoms with E-state index in [1.165, 1.54) is 0 Å². The molecule has 0 fully saturated rings. The number of carbonyl (C=O) groups excluding carboxylic acids is 2. The maximum absolute atomic E-state index is 12.3. The number of nitrogens with one attached hydrogen (secondary N) is 1. The molecule has 0 saturated carbocycles. The number of benzene rings is 2. The van der Waals surface area contributed by atoms with E-state index in [9.17, 15) is 9.59 Å². The van der Waals surface area contributed by atoms with Crippen molar-refractivity contribution in [2.45, 2.75) is 32.7 Å². The van der Waals surface area contributed by atoms with Gasteiger partial charge >= 0.3 is 5.97 Å². The summed E-state index contributed by atoms with van der Waals surface area (Å²) in [5, 5.41) is 2.77. The second-order valence-electron chi connectivity index (χ2n) is 5.77. The van der Waals surface area contributed by atoms with Crippen LogP contribution in [0, 0.1) is 0 Å². The quantitative estimate of drug-likeness (QED) is 0.794. The van der Waals surface area contributed by atoms with Crippen LogP contribution in [0.5, 0.6) is 0 Å². The Morgan fingerprint density at radius 2 is 1.71 bits per heavy atom. The van der Waals surface area contributed by atoms with Gasteiger partial charge in [-0.25, -0.2) is 4.79 Å². The molecule has 126 valence electrons. The molecule has 4 heteroatoms. The van der Waals surface area contributed by atoms with Gasteiger partial charge in [-0.15, -0.1) is 0 Å². The van der Waals surface area contributed by atoms with Gasteiger partial charge in [-0.2, -0.15) is 0 Å². The first kappa shape index (κ1) is 17.7. The molecule has 0 aromatic heterocycles. The Hall–Kier alpha value is -2.62. The molecule has 2 rings (SSSR count). The smallest absolute Gasteiger partial charge is 0.338 e. The van der Waals surface area contributed by atoms with Crippen molar-refractivity contribution in [3.63, 3.8) is 0 Å². The van der Waals surface area contributed by atoms with Gasteiger partial charge in [0.05, 0.1) is 5.56 Å². The van der Waals surface area contributed by atoms with Gasteiger partial charge in [0, 0.05) is 6.04 Å².